The third kappa shape index (κ3) is 2.33. The Balaban J connectivity index is 2.86. The Labute approximate surface area is 117 Å². The van der Waals surface area contributed by atoms with Crippen LogP contribution in [0, 0.1) is 6.92 Å². The molecule has 0 aliphatic carbocycles. The number of aromatic carboxylic acids is 1. The molecule has 0 saturated carbocycles. The van der Waals surface area contributed by atoms with E-state index in [0.29, 0.717) is 11.8 Å². The maximum Gasteiger partial charge on any atom is 0.335 e. The molecule has 2 aromatic rings. The van der Waals surface area contributed by atoms with Gasteiger partial charge in [0.25, 0.3) is 0 Å². The van der Waals surface area contributed by atoms with Crippen LogP contribution in [0.4, 0.5) is 0 Å². The van der Waals surface area contributed by atoms with Gasteiger partial charge >= 0.3 is 5.97 Å². The average molecular weight is 273 g/mol. The Morgan fingerprint density at radius 3 is 2.55 bits per heavy atom. The second-order valence-corrected chi connectivity index (χ2v) is 5.04. The van der Waals surface area contributed by atoms with Crippen molar-refractivity contribution in [2.24, 2.45) is 0 Å². The molecule has 1 heterocycles. The van der Waals surface area contributed by atoms with Crippen LogP contribution in [0.15, 0.2) is 16.9 Å². The smallest absolute Gasteiger partial charge is 0.335 e. The summed E-state index contributed by atoms with van der Waals surface area (Å²) in [5, 5.41) is 9.58. The van der Waals surface area contributed by atoms with Crippen LogP contribution >= 0.6 is 0 Å². The number of aromatic amines is 1. The highest BCUT2D eigenvalue weighted by molar-refractivity contribution is 5.94. The summed E-state index contributed by atoms with van der Waals surface area (Å²) in [6.07, 6.45) is 2.44. The van der Waals surface area contributed by atoms with E-state index in [1.165, 1.54) is 6.07 Å². The molecular weight excluding hydrogens is 254 g/mol. The minimum atomic E-state index is -1.01. The molecule has 4 heteroatoms. The summed E-state index contributed by atoms with van der Waals surface area (Å²) >= 11 is 0. The van der Waals surface area contributed by atoms with Gasteiger partial charge in [-0.15, -0.1) is 0 Å². The average Bonchev–Trinajstić information content (AvgIpc) is 2.40. The zero-order valence-electron chi connectivity index (χ0n) is 12.0. The first-order chi connectivity index (χ1) is 9.49. The van der Waals surface area contributed by atoms with Gasteiger partial charge in [0, 0.05) is 16.6 Å². The summed E-state index contributed by atoms with van der Waals surface area (Å²) in [5.41, 5.74) is 3.39. The van der Waals surface area contributed by atoms with E-state index in [0.717, 1.165) is 35.2 Å². The second kappa shape index (κ2) is 5.49. The molecule has 0 radical (unpaired) electrons. The summed E-state index contributed by atoms with van der Waals surface area (Å²) < 4.78 is 0. The molecule has 0 unspecified atom stereocenters. The standard InChI is InChI=1S/C16H19NO3/c1-4-6-13-11(5-2)15(18)12-8-10(16(19)20)7-9(3)14(12)17-13/h7-8H,4-6H2,1-3H3,(H,17,18)(H,19,20). The Morgan fingerprint density at radius 1 is 1.30 bits per heavy atom. The maximum atomic E-state index is 12.6. The van der Waals surface area contributed by atoms with E-state index >= 15 is 0 Å². The first-order valence-electron chi connectivity index (χ1n) is 6.91. The van der Waals surface area contributed by atoms with Crippen LogP contribution in [-0.4, -0.2) is 16.1 Å². The van der Waals surface area contributed by atoms with Gasteiger partial charge in [0.05, 0.1) is 11.1 Å². The molecule has 4 nitrogen and oxygen atoms in total. The van der Waals surface area contributed by atoms with Gasteiger partial charge in [-0.1, -0.05) is 20.3 Å². The summed E-state index contributed by atoms with van der Waals surface area (Å²) in [7, 11) is 0. The molecule has 2 N–H and O–H groups in total. The molecule has 1 aromatic carbocycles. The predicted octanol–water partition coefficient (Wildman–Crippen LogP) is 3.05. The monoisotopic (exact) mass is 273 g/mol. The Kier molecular flexibility index (Phi) is 3.93. The number of benzene rings is 1. The van der Waals surface area contributed by atoms with Crippen molar-refractivity contribution >= 4 is 16.9 Å². The normalized spacial score (nSPS) is 10.9. The molecule has 0 atom stereocenters. The lowest BCUT2D eigenvalue weighted by Crippen LogP contribution is -2.15. The highest BCUT2D eigenvalue weighted by atomic mass is 16.4. The van der Waals surface area contributed by atoms with Crippen molar-refractivity contribution in [1.29, 1.82) is 0 Å². The van der Waals surface area contributed by atoms with Crippen molar-refractivity contribution in [3.63, 3.8) is 0 Å². The Morgan fingerprint density at radius 2 is 2.00 bits per heavy atom. The molecule has 2 rings (SSSR count). The van der Waals surface area contributed by atoms with Crippen molar-refractivity contribution in [3.05, 3.63) is 44.7 Å². The third-order valence-electron chi connectivity index (χ3n) is 3.59. The summed E-state index contributed by atoms with van der Waals surface area (Å²) in [5.74, 6) is -1.01. The molecule has 0 saturated heterocycles. The van der Waals surface area contributed by atoms with E-state index in [2.05, 4.69) is 11.9 Å². The first-order valence-corrected chi connectivity index (χ1v) is 6.91. The number of carboxylic acids is 1. The number of rotatable bonds is 4. The lowest BCUT2D eigenvalue weighted by Gasteiger charge is -2.11. The Bertz CT molecular complexity index is 729. The molecule has 106 valence electrons. The molecule has 1 aromatic heterocycles. The van der Waals surface area contributed by atoms with Gasteiger partial charge in [0.2, 0.25) is 0 Å². The van der Waals surface area contributed by atoms with E-state index in [4.69, 9.17) is 5.11 Å². The van der Waals surface area contributed by atoms with E-state index in [1.54, 1.807) is 6.07 Å². The molecule has 0 bridgehead atoms. The summed E-state index contributed by atoms with van der Waals surface area (Å²) in [6, 6.07) is 3.07. The number of H-pyrrole nitrogens is 1. The van der Waals surface area contributed by atoms with Gasteiger partial charge in [-0.05, 0) is 37.5 Å². The van der Waals surface area contributed by atoms with Gasteiger partial charge in [-0.2, -0.15) is 0 Å². The molecular formula is C16H19NO3. The lowest BCUT2D eigenvalue weighted by atomic mass is 9.99. The number of carboxylic acid groups (broad SMARTS) is 1. The quantitative estimate of drug-likeness (QED) is 0.899. The Hall–Kier alpha value is -2.10. The van der Waals surface area contributed by atoms with Gasteiger partial charge in [-0.3, -0.25) is 4.79 Å². The van der Waals surface area contributed by atoms with Crippen molar-refractivity contribution in [2.45, 2.75) is 40.0 Å². The molecule has 20 heavy (non-hydrogen) atoms. The number of hydrogen-bond acceptors (Lipinski definition) is 2. The molecule has 0 amide bonds. The highest BCUT2D eigenvalue weighted by Gasteiger charge is 2.14. The zero-order chi connectivity index (χ0) is 14.9. The minimum absolute atomic E-state index is 0.0455. The number of hydrogen-bond donors (Lipinski definition) is 2. The van der Waals surface area contributed by atoms with Crippen molar-refractivity contribution in [3.8, 4) is 0 Å². The van der Waals surface area contributed by atoms with Crippen LogP contribution in [0.5, 0.6) is 0 Å². The number of nitrogens with one attached hydrogen (secondary N) is 1. The van der Waals surface area contributed by atoms with Crippen molar-refractivity contribution in [1.82, 2.24) is 4.98 Å². The second-order valence-electron chi connectivity index (χ2n) is 5.04. The van der Waals surface area contributed by atoms with Crippen molar-refractivity contribution < 1.29 is 9.90 Å². The van der Waals surface area contributed by atoms with E-state index in [9.17, 15) is 9.59 Å². The molecule has 0 aliphatic heterocycles. The van der Waals surface area contributed by atoms with E-state index in [-0.39, 0.29) is 11.0 Å². The number of aromatic nitrogens is 1. The fraction of sp³-hybridized carbons (Fsp3) is 0.375. The van der Waals surface area contributed by atoms with Gasteiger partial charge in [0.1, 0.15) is 0 Å². The SMILES string of the molecule is CCCc1[nH]c2c(C)cc(C(=O)O)cc2c(=O)c1CC. The number of fused-ring (bicyclic) bond motifs is 1. The van der Waals surface area contributed by atoms with Crippen LogP contribution in [0.1, 0.15) is 47.4 Å². The van der Waals surface area contributed by atoms with Gasteiger partial charge in [-0.25, -0.2) is 4.79 Å². The van der Waals surface area contributed by atoms with Crippen molar-refractivity contribution in [2.75, 3.05) is 0 Å². The predicted molar refractivity (Wildman–Crippen MR) is 79.6 cm³/mol. The van der Waals surface area contributed by atoms with E-state index in [1.807, 2.05) is 13.8 Å². The zero-order valence-corrected chi connectivity index (χ0v) is 12.0. The summed E-state index contributed by atoms with van der Waals surface area (Å²) in [4.78, 5) is 27.0. The van der Waals surface area contributed by atoms with Crippen LogP contribution < -0.4 is 5.43 Å². The van der Waals surface area contributed by atoms with Crippen LogP contribution in [0.25, 0.3) is 10.9 Å². The number of carbonyl (C=O) groups is 1. The largest absolute Gasteiger partial charge is 0.478 e. The van der Waals surface area contributed by atoms with Gasteiger partial charge in [0.15, 0.2) is 5.43 Å². The van der Waals surface area contributed by atoms with Crippen LogP contribution in [0.2, 0.25) is 0 Å². The fourth-order valence-electron chi connectivity index (χ4n) is 2.62. The molecule has 0 aliphatic rings. The number of pyridine rings is 1. The maximum absolute atomic E-state index is 12.6. The third-order valence-corrected chi connectivity index (χ3v) is 3.59. The number of aryl methyl sites for hydroxylation is 2. The topological polar surface area (TPSA) is 70.2 Å². The molecule has 0 spiro atoms. The van der Waals surface area contributed by atoms with Crippen LogP contribution in [-0.2, 0) is 12.8 Å². The molecule has 0 fully saturated rings. The van der Waals surface area contributed by atoms with Crippen LogP contribution in [0.3, 0.4) is 0 Å². The summed E-state index contributed by atoms with van der Waals surface area (Å²) in [6.45, 7) is 5.85. The lowest BCUT2D eigenvalue weighted by molar-refractivity contribution is 0.0697. The minimum Gasteiger partial charge on any atom is -0.478 e. The fourth-order valence-corrected chi connectivity index (χ4v) is 2.62. The van der Waals surface area contributed by atoms with E-state index < -0.39 is 5.97 Å². The highest BCUT2D eigenvalue weighted by Crippen LogP contribution is 2.19. The van der Waals surface area contributed by atoms with Gasteiger partial charge < -0.3 is 10.1 Å². The first kappa shape index (κ1) is 14.3.